The number of thioether (sulfide) groups is 1. The molecule has 98 valence electrons. The van der Waals surface area contributed by atoms with Crippen LogP contribution in [0.4, 0.5) is 5.69 Å². The lowest BCUT2D eigenvalue weighted by Gasteiger charge is -2.10. The summed E-state index contributed by atoms with van der Waals surface area (Å²) in [6, 6.07) is 4.95. The predicted molar refractivity (Wildman–Crippen MR) is 69.8 cm³/mol. The molecule has 1 unspecified atom stereocenters. The number of aryl methyl sites for hydroxylation is 1. The van der Waals surface area contributed by atoms with Crippen molar-refractivity contribution < 1.29 is 14.5 Å². The number of esters is 1. The van der Waals surface area contributed by atoms with Gasteiger partial charge in [0.1, 0.15) is 0 Å². The van der Waals surface area contributed by atoms with Gasteiger partial charge in [0.05, 0.1) is 23.3 Å². The summed E-state index contributed by atoms with van der Waals surface area (Å²) in [5, 5.41) is 10.8. The minimum absolute atomic E-state index is 0.0713. The van der Waals surface area contributed by atoms with E-state index in [0.717, 1.165) is 5.56 Å². The van der Waals surface area contributed by atoms with Gasteiger partial charge in [-0.1, -0.05) is 13.0 Å². The minimum atomic E-state index is -0.410. The number of nitrogens with zero attached hydrogens (tertiary/aromatic N) is 1. The van der Waals surface area contributed by atoms with Crippen molar-refractivity contribution >= 4 is 23.4 Å². The van der Waals surface area contributed by atoms with E-state index in [4.69, 9.17) is 0 Å². The molecule has 0 aliphatic heterocycles. The Morgan fingerprint density at radius 3 is 2.78 bits per heavy atom. The molecule has 0 saturated heterocycles. The van der Waals surface area contributed by atoms with E-state index in [1.165, 1.54) is 24.9 Å². The molecular weight excluding hydrogens is 254 g/mol. The van der Waals surface area contributed by atoms with E-state index < -0.39 is 4.92 Å². The Balaban J connectivity index is 2.85. The van der Waals surface area contributed by atoms with Gasteiger partial charge in [-0.15, -0.1) is 11.8 Å². The number of ether oxygens (including phenoxy) is 1. The van der Waals surface area contributed by atoms with Crippen molar-refractivity contribution in [3.8, 4) is 0 Å². The maximum Gasteiger partial charge on any atom is 0.306 e. The van der Waals surface area contributed by atoms with E-state index in [2.05, 4.69) is 4.74 Å². The van der Waals surface area contributed by atoms with E-state index in [0.29, 0.717) is 4.90 Å². The molecule has 6 heteroatoms. The zero-order valence-corrected chi connectivity index (χ0v) is 11.3. The fraction of sp³-hybridized carbons (Fsp3) is 0.417. The molecule has 1 aromatic carbocycles. The third kappa shape index (κ3) is 4.03. The summed E-state index contributed by atoms with van der Waals surface area (Å²) >= 11 is 1.31. The quantitative estimate of drug-likeness (QED) is 0.356. The molecule has 0 bridgehead atoms. The monoisotopic (exact) mass is 269 g/mol. The number of benzene rings is 1. The number of hydrogen-bond donors (Lipinski definition) is 0. The van der Waals surface area contributed by atoms with Gasteiger partial charge in [-0.05, 0) is 18.6 Å². The normalized spacial score (nSPS) is 11.9. The van der Waals surface area contributed by atoms with Crippen LogP contribution >= 0.6 is 11.8 Å². The molecule has 0 heterocycles. The van der Waals surface area contributed by atoms with Crippen molar-refractivity contribution in [3.63, 3.8) is 0 Å². The maximum absolute atomic E-state index is 11.1. The predicted octanol–water partition coefficient (Wildman–Crippen LogP) is 2.95. The van der Waals surface area contributed by atoms with Crippen LogP contribution in [-0.4, -0.2) is 23.3 Å². The van der Waals surface area contributed by atoms with Gasteiger partial charge in [-0.25, -0.2) is 0 Å². The second-order valence-corrected chi connectivity index (χ2v) is 5.42. The smallest absolute Gasteiger partial charge is 0.306 e. The van der Waals surface area contributed by atoms with Gasteiger partial charge in [0.25, 0.3) is 5.69 Å². The molecular formula is C12H15NO4S. The van der Waals surface area contributed by atoms with Crippen molar-refractivity contribution in [1.29, 1.82) is 0 Å². The lowest BCUT2D eigenvalue weighted by molar-refractivity contribution is -0.387. The van der Waals surface area contributed by atoms with E-state index >= 15 is 0 Å². The van der Waals surface area contributed by atoms with Crippen LogP contribution in [0.25, 0.3) is 0 Å². The van der Waals surface area contributed by atoms with E-state index in [9.17, 15) is 14.9 Å². The molecule has 5 nitrogen and oxygen atoms in total. The number of rotatable bonds is 5. The molecule has 1 aromatic rings. The number of nitro benzene ring substituents is 1. The Hall–Kier alpha value is -1.56. The van der Waals surface area contributed by atoms with Crippen molar-refractivity contribution in [2.45, 2.75) is 30.4 Å². The molecule has 1 atom stereocenters. The van der Waals surface area contributed by atoms with Crippen LogP contribution in [-0.2, 0) is 9.53 Å². The van der Waals surface area contributed by atoms with Gasteiger partial charge in [0, 0.05) is 11.3 Å². The molecule has 0 saturated carbocycles. The van der Waals surface area contributed by atoms with Gasteiger partial charge in [0.15, 0.2) is 0 Å². The first-order valence-electron chi connectivity index (χ1n) is 5.42. The zero-order chi connectivity index (χ0) is 13.7. The summed E-state index contributed by atoms with van der Waals surface area (Å²) in [6.45, 7) is 3.71. The highest BCUT2D eigenvalue weighted by molar-refractivity contribution is 8.00. The van der Waals surface area contributed by atoms with E-state index in [1.807, 2.05) is 13.8 Å². The van der Waals surface area contributed by atoms with Crippen LogP contribution in [0.2, 0.25) is 0 Å². The molecule has 0 aliphatic rings. The van der Waals surface area contributed by atoms with Crippen LogP contribution in [0, 0.1) is 17.0 Å². The molecule has 0 spiro atoms. The van der Waals surface area contributed by atoms with Crippen molar-refractivity contribution in [2.75, 3.05) is 7.11 Å². The van der Waals surface area contributed by atoms with Crippen molar-refractivity contribution in [3.05, 3.63) is 33.9 Å². The maximum atomic E-state index is 11.1. The summed E-state index contributed by atoms with van der Waals surface area (Å²) in [5.41, 5.74) is 1.02. The summed E-state index contributed by atoms with van der Waals surface area (Å²) in [4.78, 5) is 22.2. The number of methoxy groups -OCH3 is 1. The van der Waals surface area contributed by atoms with E-state index in [1.54, 1.807) is 12.1 Å². The largest absolute Gasteiger partial charge is 0.469 e. The van der Waals surface area contributed by atoms with Gasteiger partial charge in [-0.2, -0.15) is 0 Å². The van der Waals surface area contributed by atoms with E-state index in [-0.39, 0.29) is 23.3 Å². The Bertz CT molecular complexity index is 461. The highest BCUT2D eigenvalue weighted by Gasteiger charge is 2.18. The molecule has 18 heavy (non-hydrogen) atoms. The van der Waals surface area contributed by atoms with Crippen molar-refractivity contribution in [2.24, 2.45) is 0 Å². The molecule has 0 fully saturated rings. The van der Waals surface area contributed by atoms with Gasteiger partial charge in [0.2, 0.25) is 0 Å². The molecule has 1 rings (SSSR count). The van der Waals surface area contributed by atoms with Crippen LogP contribution < -0.4 is 0 Å². The lowest BCUT2D eigenvalue weighted by atomic mass is 10.2. The molecule has 0 amide bonds. The standard InChI is InChI=1S/C12H15NO4S/c1-8-4-5-10(13(15)16)11(6-8)18-9(2)7-12(14)17-3/h4-6,9H,7H2,1-3H3. The summed E-state index contributed by atoms with van der Waals surface area (Å²) in [5.74, 6) is -0.315. The zero-order valence-electron chi connectivity index (χ0n) is 10.5. The van der Waals surface area contributed by atoms with Gasteiger partial charge < -0.3 is 4.74 Å². The fourth-order valence-corrected chi connectivity index (χ4v) is 2.61. The highest BCUT2D eigenvalue weighted by atomic mass is 32.2. The number of carbonyl (C=O) groups excluding carboxylic acids is 1. The molecule has 0 aromatic heterocycles. The third-order valence-corrected chi connectivity index (χ3v) is 3.47. The number of nitro groups is 1. The second-order valence-electron chi connectivity index (χ2n) is 3.94. The topological polar surface area (TPSA) is 69.4 Å². The van der Waals surface area contributed by atoms with Gasteiger partial charge >= 0.3 is 5.97 Å². The first kappa shape index (κ1) is 14.5. The Kier molecular flexibility index (Phi) is 5.15. The highest BCUT2D eigenvalue weighted by Crippen LogP contribution is 2.33. The summed E-state index contributed by atoms with van der Waals surface area (Å²) in [7, 11) is 1.33. The van der Waals surface area contributed by atoms with Crippen LogP contribution in [0.15, 0.2) is 23.1 Å². The SMILES string of the molecule is COC(=O)CC(C)Sc1cc(C)ccc1[N+](=O)[O-]. The summed E-state index contributed by atoms with van der Waals surface area (Å²) in [6.07, 6.45) is 0.228. The first-order valence-corrected chi connectivity index (χ1v) is 6.30. The number of hydrogen-bond acceptors (Lipinski definition) is 5. The van der Waals surface area contributed by atoms with Crippen molar-refractivity contribution in [1.82, 2.24) is 0 Å². The Labute approximate surface area is 110 Å². The third-order valence-electron chi connectivity index (χ3n) is 2.32. The second kappa shape index (κ2) is 6.39. The average molecular weight is 269 g/mol. The minimum Gasteiger partial charge on any atom is -0.469 e. The summed E-state index contributed by atoms with van der Waals surface area (Å²) < 4.78 is 4.57. The Morgan fingerprint density at radius 2 is 2.22 bits per heavy atom. The van der Waals surface area contributed by atoms with Crippen LogP contribution in [0.3, 0.4) is 0 Å². The number of carbonyl (C=O) groups is 1. The molecule has 0 radical (unpaired) electrons. The first-order chi connectivity index (χ1) is 8.43. The molecule has 0 N–H and O–H groups in total. The molecule has 0 aliphatic carbocycles. The van der Waals surface area contributed by atoms with Crippen LogP contribution in [0.1, 0.15) is 18.9 Å². The fourth-order valence-electron chi connectivity index (χ4n) is 1.44. The lowest BCUT2D eigenvalue weighted by Crippen LogP contribution is -2.08. The average Bonchev–Trinajstić information content (AvgIpc) is 2.28. The van der Waals surface area contributed by atoms with Gasteiger partial charge in [-0.3, -0.25) is 14.9 Å². The van der Waals surface area contributed by atoms with Crippen LogP contribution in [0.5, 0.6) is 0 Å². The Morgan fingerprint density at radius 1 is 1.56 bits per heavy atom.